The minimum atomic E-state index is -0.920. The molecule has 2 aliphatic heterocycles. The van der Waals surface area contributed by atoms with Gasteiger partial charge < -0.3 is 15.4 Å². The van der Waals surface area contributed by atoms with Gasteiger partial charge in [-0.15, -0.1) is 0 Å². The second kappa shape index (κ2) is 7.39. The molecule has 0 unspecified atom stereocenters. The Hall–Kier alpha value is -2.18. The number of nitrogens with one attached hydrogen (secondary N) is 2. The van der Waals surface area contributed by atoms with Crippen molar-refractivity contribution in [3.63, 3.8) is 0 Å². The van der Waals surface area contributed by atoms with Crippen LogP contribution in [0, 0.1) is 11.3 Å². The number of carbonyl (C=O) groups is 3. The molecule has 0 aromatic heterocycles. The molecular formula is C14H21N5O4. The molecule has 0 radical (unpaired) electrons. The summed E-state index contributed by atoms with van der Waals surface area (Å²) in [5, 5.41) is 14.2. The van der Waals surface area contributed by atoms with Gasteiger partial charge in [0.1, 0.15) is 12.1 Å². The highest BCUT2D eigenvalue weighted by molar-refractivity contribution is 6.07. The van der Waals surface area contributed by atoms with Gasteiger partial charge in [-0.05, 0) is 12.8 Å². The molecule has 2 aliphatic rings. The Kier molecular flexibility index (Phi) is 5.52. The highest BCUT2D eigenvalue weighted by atomic mass is 16.5. The van der Waals surface area contributed by atoms with Crippen LogP contribution in [0.25, 0.3) is 0 Å². The fraction of sp³-hybridized carbons (Fsp3) is 0.714. The Morgan fingerprint density at radius 2 is 2.13 bits per heavy atom. The summed E-state index contributed by atoms with van der Waals surface area (Å²) < 4.78 is 4.86. The van der Waals surface area contributed by atoms with Crippen molar-refractivity contribution in [3.05, 3.63) is 0 Å². The van der Waals surface area contributed by atoms with E-state index in [-0.39, 0.29) is 24.9 Å². The van der Waals surface area contributed by atoms with E-state index < -0.39 is 11.6 Å². The van der Waals surface area contributed by atoms with Gasteiger partial charge in [0.15, 0.2) is 0 Å². The monoisotopic (exact) mass is 323 g/mol. The summed E-state index contributed by atoms with van der Waals surface area (Å²) in [4.78, 5) is 38.8. The largest absolute Gasteiger partial charge is 0.383 e. The molecule has 9 heteroatoms. The lowest BCUT2D eigenvalue weighted by Crippen LogP contribution is -2.56. The number of ether oxygens (including phenoxy) is 1. The third kappa shape index (κ3) is 3.78. The van der Waals surface area contributed by atoms with Crippen LogP contribution in [0.2, 0.25) is 0 Å². The second-order valence-corrected chi connectivity index (χ2v) is 5.68. The van der Waals surface area contributed by atoms with Gasteiger partial charge in [0.05, 0.1) is 19.2 Å². The van der Waals surface area contributed by atoms with E-state index >= 15 is 0 Å². The molecule has 2 fully saturated rings. The molecule has 0 aliphatic carbocycles. The summed E-state index contributed by atoms with van der Waals surface area (Å²) in [6.07, 6.45) is 0.871. The number of piperidine rings is 1. The zero-order valence-corrected chi connectivity index (χ0v) is 13.1. The van der Waals surface area contributed by atoms with Crippen LogP contribution >= 0.6 is 0 Å². The highest BCUT2D eigenvalue weighted by Crippen LogP contribution is 2.29. The first kappa shape index (κ1) is 17.2. The van der Waals surface area contributed by atoms with E-state index in [0.29, 0.717) is 39.1 Å². The molecule has 0 bridgehead atoms. The number of urea groups is 1. The van der Waals surface area contributed by atoms with Crippen molar-refractivity contribution in [2.75, 3.05) is 46.4 Å². The van der Waals surface area contributed by atoms with Crippen LogP contribution in [-0.2, 0) is 14.3 Å². The van der Waals surface area contributed by atoms with Gasteiger partial charge in [-0.3, -0.25) is 14.5 Å². The molecule has 2 heterocycles. The number of methoxy groups -OCH3 is 1. The van der Waals surface area contributed by atoms with Gasteiger partial charge in [0, 0.05) is 26.7 Å². The molecule has 9 nitrogen and oxygen atoms in total. The maximum atomic E-state index is 12.4. The number of likely N-dealkylation sites (tertiary alicyclic amines) is 1. The lowest BCUT2D eigenvalue weighted by molar-refractivity contribution is -0.132. The molecule has 0 atom stereocenters. The standard InChI is InChI=1S/C14H21N5O4/c1-23-9-5-16-11(20)10-18-6-2-14(3-7-18)12(21)19(8-4-15)13(22)17-14/h2-3,5-10H2,1H3,(H,16,20)(H,17,22). The van der Waals surface area contributed by atoms with Crippen LogP contribution in [-0.4, -0.2) is 79.6 Å². The van der Waals surface area contributed by atoms with Gasteiger partial charge in [-0.25, -0.2) is 9.69 Å². The fourth-order valence-corrected chi connectivity index (χ4v) is 2.87. The number of amides is 4. The minimum Gasteiger partial charge on any atom is -0.383 e. The first-order chi connectivity index (χ1) is 11.0. The van der Waals surface area contributed by atoms with Gasteiger partial charge >= 0.3 is 6.03 Å². The molecule has 1 spiro atoms. The molecule has 2 N–H and O–H groups in total. The van der Waals surface area contributed by atoms with Crippen LogP contribution in [0.5, 0.6) is 0 Å². The van der Waals surface area contributed by atoms with Gasteiger partial charge in [-0.2, -0.15) is 5.26 Å². The van der Waals surface area contributed by atoms with Crippen molar-refractivity contribution in [1.82, 2.24) is 20.4 Å². The van der Waals surface area contributed by atoms with Crippen molar-refractivity contribution in [2.45, 2.75) is 18.4 Å². The molecule has 0 aromatic carbocycles. The molecule has 0 aromatic rings. The Labute approximate surface area is 134 Å². The highest BCUT2D eigenvalue weighted by Gasteiger charge is 2.52. The normalized spacial score (nSPS) is 20.4. The van der Waals surface area contributed by atoms with E-state index in [9.17, 15) is 14.4 Å². The minimum absolute atomic E-state index is 0.0918. The average Bonchev–Trinajstić information content (AvgIpc) is 2.75. The number of rotatable bonds is 6. The number of imide groups is 1. The molecule has 4 amide bonds. The maximum Gasteiger partial charge on any atom is 0.325 e. The predicted molar refractivity (Wildman–Crippen MR) is 79.1 cm³/mol. The Balaban J connectivity index is 1.84. The van der Waals surface area contributed by atoms with Crippen LogP contribution in [0.1, 0.15) is 12.8 Å². The quantitative estimate of drug-likeness (QED) is 0.355. The molecular weight excluding hydrogens is 302 g/mol. The zero-order valence-electron chi connectivity index (χ0n) is 13.1. The smallest absolute Gasteiger partial charge is 0.325 e. The molecule has 23 heavy (non-hydrogen) atoms. The molecule has 2 saturated heterocycles. The molecule has 0 saturated carbocycles. The van der Waals surface area contributed by atoms with Gasteiger partial charge in [0.25, 0.3) is 5.91 Å². The number of carbonyl (C=O) groups excluding carboxylic acids is 3. The number of nitrogens with zero attached hydrogens (tertiary/aromatic N) is 3. The summed E-state index contributed by atoms with van der Waals surface area (Å²) in [6.45, 7) is 2.00. The van der Waals surface area contributed by atoms with E-state index in [0.717, 1.165) is 4.90 Å². The first-order valence-corrected chi connectivity index (χ1v) is 7.51. The lowest BCUT2D eigenvalue weighted by atomic mass is 9.87. The summed E-state index contributed by atoms with van der Waals surface area (Å²) in [7, 11) is 1.57. The van der Waals surface area contributed by atoms with E-state index in [1.54, 1.807) is 7.11 Å². The van der Waals surface area contributed by atoms with Crippen molar-refractivity contribution in [3.8, 4) is 6.07 Å². The Morgan fingerprint density at radius 1 is 1.43 bits per heavy atom. The third-order valence-corrected chi connectivity index (χ3v) is 4.18. The van der Waals surface area contributed by atoms with Crippen LogP contribution in [0.3, 0.4) is 0 Å². The number of hydrogen-bond acceptors (Lipinski definition) is 6. The summed E-state index contributed by atoms with van der Waals surface area (Å²) in [5.74, 6) is -0.431. The predicted octanol–water partition coefficient (Wildman–Crippen LogP) is -1.34. The number of hydrogen-bond donors (Lipinski definition) is 2. The second-order valence-electron chi connectivity index (χ2n) is 5.68. The third-order valence-electron chi connectivity index (χ3n) is 4.18. The number of nitriles is 1. The van der Waals surface area contributed by atoms with Crippen LogP contribution < -0.4 is 10.6 Å². The van der Waals surface area contributed by atoms with Crippen molar-refractivity contribution in [2.24, 2.45) is 0 Å². The van der Waals surface area contributed by atoms with Crippen molar-refractivity contribution in [1.29, 1.82) is 5.26 Å². The summed E-state index contributed by atoms with van der Waals surface area (Å²) >= 11 is 0. The van der Waals surface area contributed by atoms with E-state index in [1.165, 1.54) is 0 Å². The van der Waals surface area contributed by atoms with Gasteiger partial charge in [0.2, 0.25) is 5.91 Å². The average molecular weight is 323 g/mol. The van der Waals surface area contributed by atoms with Crippen LogP contribution in [0.15, 0.2) is 0 Å². The fourth-order valence-electron chi connectivity index (χ4n) is 2.87. The van der Waals surface area contributed by atoms with E-state index in [4.69, 9.17) is 10.00 Å². The topological polar surface area (TPSA) is 115 Å². The molecule has 2 rings (SSSR count). The van der Waals surface area contributed by atoms with E-state index in [2.05, 4.69) is 10.6 Å². The SMILES string of the molecule is COCCNC(=O)CN1CCC2(CC1)NC(=O)N(CC#N)C2=O. The van der Waals surface area contributed by atoms with Gasteiger partial charge in [-0.1, -0.05) is 0 Å². The van der Waals surface area contributed by atoms with Crippen molar-refractivity contribution >= 4 is 17.8 Å². The van der Waals surface area contributed by atoms with E-state index in [1.807, 2.05) is 11.0 Å². The maximum absolute atomic E-state index is 12.4. The van der Waals surface area contributed by atoms with Crippen LogP contribution in [0.4, 0.5) is 4.79 Å². The summed E-state index contributed by atoms with van der Waals surface area (Å²) in [5.41, 5.74) is -0.920. The Morgan fingerprint density at radius 3 is 2.74 bits per heavy atom. The molecule has 126 valence electrons. The first-order valence-electron chi connectivity index (χ1n) is 7.51. The van der Waals surface area contributed by atoms with Crippen molar-refractivity contribution < 1.29 is 19.1 Å². The zero-order chi connectivity index (χ0) is 16.9. The lowest BCUT2D eigenvalue weighted by Gasteiger charge is -2.36. The summed E-state index contributed by atoms with van der Waals surface area (Å²) in [6, 6.07) is 1.31. The Bertz CT molecular complexity index is 522.